The molecule has 7 nitrogen and oxygen atoms in total. The number of pyridine rings is 1. The van der Waals surface area contributed by atoms with Crippen molar-refractivity contribution in [3.8, 4) is 28.4 Å². The molecule has 2 N–H and O–H groups in total. The predicted octanol–water partition coefficient (Wildman–Crippen LogP) is 3.13. The van der Waals surface area contributed by atoms with Gasteiger partial charge in [0, 0.05) is 41.7 Å². The van der Waals surface area contributed by atoms with Crippen LogP contribution < -0.4 is 19.9 Å². The summed E-state index contributed by atoms with van der Waals surface area (Å²) in [6, 6.07) is 5.93. The first-order chi connectivity index (χ1) is 13.6. The van der Waals surface area contributed by atoms with Crippen molar-refractivity contribution in [1.29, 1.82) is 0 Å². The Balaban J connectivity index is 1.79. The normalized spacial score (nSPS) is 12.3. The molecule has 0 atom stereocenters. The highest BCUT2D eigenvalue weighted by Gasteiger charge is 2.20. The maximum atomic E-state index is 5.61. The van der Waals surface area contributed by atoms with Gasteiger partial charge in [0.25, 0.3) is 0 Å². The number of fused-ring (bicyclic) bond motifs is 1. The van der Waals surface area contributed by atoms with Crippen molar-refractivity contribution < 1.29 is 14.2 Å². The zero-order valence-electron chi connectivity index (χ0n) is 15.9. The summed E-state index contributed by atoms with van der Waals surface area (Å²) in [5.74, 6) is 2.01. The van der Waals surface area contributed by atoms with Crippen LogP contribution in [-0.2, 0) is 6.42 Å². The van der Waals surface area contributed by atoms with Crippen LogP contribution in [0, 0.1) is 0 Å². The molecule has 2 heterocycles. The fourth-order valence-corrected chi connectivity index (χ4v) is 3.35. The Labute approximate surface area is 162 Å². The van der Waals surface area contributed by atoms with E-state index in [9.17, 15) is 0 Å². The lowest BCUT2D eigenvalue weighted by Gasteiger charge is -2.15. The maximum absolute atomic E-state index is 5.61. The molecule has 1 aliphatic rings. The molecule has 0 saturated heterocycles. The highest BCUT2D eigenvalue weighted by molar-refractivity contribution is 5.85. The van der Waals surface area contributed by atoms with Crippen LogP contribution in [0.15, 0.2) is 42.9 Å². The number of ether oxygens (including phenoxy) is 3. The first-order valence-electron chi connectivity index (χ1n) is 8.72. The molecular weight excluding hydrogens is 356 g/mol. The third-order valence-electron chi connectivity index (χ3n) is 4.74. The van der Waals surface area contributed by atoms with Crippen LogP contribution in [0.2, 0.25) is 0 Å². The number of anilines is 1. The van der Waals surface area contributed by atoms with Gasteiger partial charge in [0.2, 0.25) is 11.7 Å². The van der Waals surface area contributed by atoms with Gasteiger partial charge in [-0.1, -0.05) is 6.08 Å². The van der Waals surface area contributed by atoms with E-state index < -0.39 is 0 Å². The summed E-state index contributed by atoms with van der Waals surface area (Å²) >= 11 is 0. The highest BCUT2D eigenvalue weighted by atomic mass is 16.5. The van der Waals surface area contributed by atoms with Gasteiger partial charge in [-0.3, -0.25) is 4.98 Å². The second-order valence-electron chi connectivity index (χ2n) is 6.28. The second kappa shape index (κ2) is 7.19. The van der Waals surface area contributed by atoms with Crippen LogP contribution >= 0.6 is 0 Å². The number of methoxy groups -OCH3 is 3. The number of rotatable bonds is 5. The summed E-state index contributed by atoms with van der Waals surface area (Å²) in [5.41, 5.74) is 11.5. The van der Waals surface area contributed by atoms with Crippen LogP contribution in [0.1, 0.15) is 16.8 Å². The van der Waals surface area contributed by atoms with Crippen LogP contribution in [0.5, 0.6) is 17.2 Å². The van der Waals surface area contributed by atoms with E-state index in [1.54, 1.807) is 33.7 Å². The lowest BCUT2D eigenvalue weighted by Crippen LogP contribution is -1.98. The highest BCUT2D eigenvalue weighted by Crippen LogP contribution is 2.42. The van der Waals surface area contributed by atoms with E-state index in [-0.39, 0.29) is 5.95 Å². The zero-order chi connectivity index (χ0) is 19.7. The Kier molecular flexibility index (Phi) is 4.57. The number of nitrogen functional groups attached to an aromatic ring is 1. The van der Waals surface area contributed by atoms with Gasteiger partial charge in [-0.2, -0.15) is 0 Å². The SMILES string of the molecule is COc1cc(-c2cnc3c(c2)C(c2cnc(N)nc2)=CC3)cc(OC)c1OC. The summed E-state index contributed by atoms with van der Waals surface area (Å²) in [6.07, 6.45) is 8.22. The lowest BCUT2D eigenvalue weighted by atomic mass is 9.99. The maximum Gasteiger partial charge on any atom is 0.219 e. The Bertz CT molecular complexity index is 1040. The fraction of sp³-hybridized carbons (Fsp3) is 0.190. The van der Waals surface area contributed by atoms with Gasteiger partial charge in [-0.05, 0) is 29.3 Å². The molecular formula is C21H20N4O3. The molecule has 1 aliphatic carbocycles. The second-order valence-corrected chi connectivity index (χ2v) is 6.28. The molecule has 28 heavy (non-hydrogen) atoms. The molecule has 1 aromatic carbocycles. The topological polar surface area (TPSA) is 92.4 Å². The molecule has 0 bridgehead atoms. The molecule has 4 rings (SSSR count). The molecule has 0 radical (unpaired) electrons. The summed E-state index contributed by atoms with van der Waals surface area (Å²) < 4.78 is 16.3. The van der Waals surface area contributed by atoms with Crippen LogP contribution in [0.4, 0.5) is 5.95 Å². The molecule has 7 heteroatoms. The van der Waals surface area contributed by atoms with E-state index in [0.29, 0.717) is 17.2 Å². The number of aromatic nitrogens is 3. The van der Waals surface area contributed by atoms with Gasteiger partial charge < -0.3 is 19.9 Å². The van der Waals surface area contributed by atoms with Crippen molar-refractivity contribution in [2.75, 3.05) is 27.1 Å². The third kappa shape index (κ3) is 3.00. The van der Waals surface area contributed by atoms with Crippen molar-refractivity contribution >= 4 is 11.5 Å². The minimum absolute atomic E-state index is 0.256. The van der Waals surface area contributed by atoms with Gasteiger partial charge in [-0.25, -0.2) is 9.97 Å². The standard InChI is InChI=1S/C21H20N4O3/c1-26-18-7-12(8-19(27-2)20(18)28-3)13-6-16-15(4-5-17(16)23-9-13)14-10-24-21(22)25-11-14/h4,6-11H,5H2,1-3H3,(H2,22,24,25). The Morgan fingerprint density at radius 3 is 2.04 bits per heavy atom. The number of nitrogens with two attached hydrogens (primary N) is 1. The van der Waals surface area contributed by atoms with E-state index >= 15 is 0 Å². The van der Waals surface area contributed by atoms with Crippen molar-refractivity contribution in [1.82, 2.24) is 15.0 Å². The van der Waals surface area contributed by atoms with Crippen molar-refractivity contribution in [2.45, 2.75) is 6.42 Å². The molecule has 0 spiro atoms. The average Bonchev–Trinajstić information content (AvgIpc) is 3.16. The molecule has 2 aromatic heterocycles. The monoisotopic (exact) mass is 376 g/mol. The first-order valence-corrected chi connectivity index (χ1v) is 8.72. The summed E-state index contributed by atoms with van der Waals surface area (Å²) in [5, 5.41) is 0. The Hall–Kier alpha value is -3.61. The van der Waals surface area contributed by atoms with E-state index in [1.165, 1.54) is 0 Å². The third-order valence-corrected chi connectivity index (χ3v) is 4.74. The molecule has 0 unspecified atom stereocenters. The number of benzene rings is 1. The fourth-order valence-electron chi connectivity index (χ4n) is 3.35. The summed E-state index contributed by atoms with van der Waals surface area (Å²) in [7, 11) is 4.79. The van der Waals surface area contributed by atoms with Crippen molar-refractivity contribution in [3.05, 3.63) is 59.7 Å². The van der Waals surface area contributed by atoms with Gasteiger partial charge in [-0.15, -0.1) is 0 Å². The number of hydrogen-bond acceptors (Lipinski definition) is 7. The van der Waals surface area contributed by atoms with Gasteiger partial charge in [0.15, 0.2) is 11.5 Å². The first kappa shape index (κ1) is 17.8. The van der Waals surface area contributed by atoms with Crippen LogP contribution in [0.25, 0.3) is 16.7 Å². The molecule has 0 amide bonds. The number of nitrogens with zero attached hydrogens (tertiary/aromatic N) is 3. The van der Waals surface area contributed by atoms with E-state index in [1.807, 2.05) is 18.3 Å². The molecule has 0 fully saturated rings. The molecule has 142 valence electrons. The lowest BCUT2D eigenvalue weighted by molar-refractivity contribution is 0.324. The van der Waals surface area contributed by atoms with Crippen molar-refractivity contribution in [3.63, 3.8) is 0 Å². The van der Waals surface area contributed by atoms with E-state index in [4.69, 9.17) is 19.9 Å². The molecule has 0 saturated carbocycles. The quantitative estimate of drug-likeness (QED) is 0.731. The molecule has 0 aliphatic heterocycles. The summed E-state index contributed by atoms with van der Waals surface area (Å²) in [6.45, 7) is 0. The number of hydrogen-bond donors (Lipinski definition) is 1. The van der Waals surface area contributed by atoms with E-state index in [2.05, 4.69) is 27.1 Å². The molecule has 3 aromatic rings. The van der Waals surface area contributed by atoms with Crippen LogP contribution in [-0.4, -0.2) is 36.3 Å². The van der Waals surface area contributed by atoms with E-state index in [0.717, 1.165) is 39.9 Å². The van der Waals surface area contributed by atoms with Crippen molar-refractivity contribution in [2.24, 2.45) is 0 Å². The Morgan fingerprint density at radius 2 is 1.43 bits per heavy atom. The minimum Gasteiger partial charge on any atom is -0.493 e. The van der Waals surface area contributed by atoms with Gasteiger partial charge in [0.05, 0.1) is 27.0 Å². The zero-order valence-corrected chi connectivity index (χ0v) is 15.9. The Morgan fingerprint density at radius 1 is 0.786 bits per heavy atom. The van der Waals surface area contributed by atoms with Gasteiger partial charge in [0.1, 0.15) is 0 Å². The summed E-state index contributed by atoms with van der Waals surface area (Å²) in [4.78, 5) is 12.9. The van der Waals surface area contributed by atoms with Gasteiger partial charge >= 0.3 is 0 Å². The van der Waals surface area contributed by atoms with Crippen LogP contribution in [0.3, 0.4) is 0 Å². The predicted molar refractivity (Wildman–Crippen MR) is 107 cm³/mol. The number of allylic oxidation sites excluding steroid dienone is 1. The minimum atomic E-state index is 0.256. The largest absolute Gasteiger partial charge is 0.493 e. The average molecular weight is 376 g/mol. The smallest absolute Gasteiger partial charge is 0.219 e.